The third kappa shape index (κ3) is 3.13. The van der Waals surface area contributed by atoms with Gasteiger partial charge in [-0.25, -0.2) is 9.48 Å². The normalized spacial score (nSPS) is 10.7. The first-order valence-corrected chi connectivity index (χ1v) is 7.21. The summed E-state index contributed by atoms with van der Waals surface area (Å²) in [4.78, 5) is 12.4. The van der Waals surface area contributed by atoms with Crippen molar-refractivity contribution in [2.75, 3.05) is 0 Å². The average molecular weight is 296 g/mol. The van der Waals surface area contributed by atoms with Crippen molar-refractivity contribution >= 4 is 17.3 Å². The van der Waals surface area contributed by atoms with Crippen molar-refractivity contribution in [3.8, 4) is 5.75 Å². The molecule has 0 atom stereocenters. The highest BCUT2D eigenvalue weighted by Crippen LogP contribution is 2.30. The van der Waals surface area contributed by atoms with Gasteiger partial charge in [0.1, 0.15) is 12.4 Å². The molecule has 2 aromatic heterocycles. The number of carboxylic acids is 1. The first kappa shape index (κ1) is 14.4. The molecule has 0 saturated carbocycles. The number of thiophene rings is 1. The lowest BCUT2D eigenvalue weighted by atomic mass is 10.3. The van der Waals surface area contributed by atoms with Crippen molar-refractivity contribution < 1.29 is 14.6 Å². The Bertz CT molecular complexity index is 593. The van der Waals surface area contributed by atoms with Crippen LogP contribution in [-0.2, 0) is 19.6 Å². The second-order valence-electron chi connectivity index (χ2n) is 4.17. The molecule has 0 aliphatic heterocycles. The lowest BCUT2D eigenvalue weighted by Crippen LogP contribution is -2.09. The Morgan fingerprint density at radius 3 is 2.95 bits per heavy atom. The molecule has 20 heavy (non-hydrogen) atoms. The Kier molecular flexibility index (Phi) is 4.67. The van der Waals surface area contributed by atoms with Crippen molar-refractivity contribution in [2.45, 2.75) is 39.8 Å². The number of hydrogen-bond acceptors (Lipinski definition) is 6. The quantitative estimate of drug-likeness (QED) is 0.840. The fourth-order valence-corrected chi connectivity index (χ4v) is 2.59. The van der Waals surface area contributed by atoms with Crippen molar-refractivity contribution in [3.05, 3.63) is 21.6 Å². The summed E-state index contributed by atoms with van der Waals surface area (Å²) in [5, 5.41) is 20.5. The van der Waals surface area contributed by atoms with E-state index < -0.39 is 5.97 Å². The summed E-state index contributed by atoms with van der Waals surface area (Å²) in [5.41, 5.74) is 0. The van der Waals surface area contributed by atoms with E-state index in [1.54, 1.807) is 10.7 Å². The van der Waals surface area contributed by atoms with Gasteiger partial charge in [-0.1, -0.05) is 13.8 Å². The van der Waals surface area contributed by atoms with Crippen molar-refractivity contribution in [1.29, 1.82) is 0 Å². The standard InChI is InChI=1S/C12H16N4O3S/c1-3-5-16-10(13-14-15-16)7-19-9-6-8(4-2)20-11(9)12(17)18/h6H,3-5,7H2,1-2H3,(H,17,18). The molecule has 0 aliphatic carbocycles. The Hall–Kier alpha value is -1.96. The van der Waals surface area contributed by atoms with E-state index >= 15 is 0 Å². The number of aryl methyl sites for hydroxylation is 2. The number of carbonyl (C=O) groups is 1. The molecule has 0 fully saturated rings. The molecule has 8 heteroatoms. The second kappa shape index (κ2) is 6.47. The maximum absolute atomic E-state index is 11.2. The predicted molar refractivity (Wildman–Crippen MR) is 73.1 cm³/mol. The SMILES string of the molecule is CCCn1nnnc1COc1cc(CC)sc1C(=O)O. The summed E-state index contributed by atoms with van der Waals surface area (Å²) in [7, 11) is 0. The van der Waals surface area contributed by atoms with E-state index in [4.69, 9.17) is 9.84 Å². The van der Waals surface area contributed by atoms with E-state index in [0.717, 1.165) is 17.7 Å². The fraction of sp³-hybridized carbons (Fsp3) is 0.500. The van der Waals surface area contributed by atoms with Crippen LogP contribution < -0.4 is 4.74 Å². The van der Waals surface area contributed by atoms with E-state index in [1.165, 1.54) is 11.3 Å². The minimum Gasteiger partial charge on any atom is -0.484 e. The number of tetrazole rings is 1. The summed E-state index contributed by atoms with van der Waals surface area (Å²) in [6.07, 6.45) is 1.69. The molecule has 0 aliphatic rings. The molecule has 7 nitrogen and oxygen atoms in total. The summed E-state index contributed by atoms with van der Waals surface area (Å²) in [5.74, 6) is -0.00399. The zero-order chi connectivity index (χ0) is 14.5. The Morgan fingerprint density at radius 2 is 2.30 bits per heavy atom. The van der Waals surface area contributed by atoms with Crippen LogP contribution in [0.2, 0.25) is 0 Å². The number of aromatic carboxylic acids is 1. The van der Waals surface area contributed by atoms with E-state index in [0.29, 0.717) is 18.1 Å². The zero-order valence-corrected chi connectivity index (χ0v) is 12.2. The van der Waals surface area contributed by atoms with Crippen molar-refractivity contribution in [3.63, 3.8) is 0 Å². The van der Waals surface area contributed by atoms with Crippen LogP contribution in [0.15, 0.2) is 6.07 Å². The van der Waals surface area contributed by atoms with Crippen LogP contribution in [0, 0.1) is 0 Å². The van der Waals surface area contributed by atoms with Gasteiger partial charge in [0.25, 0.3) is 0 Å². The summed E-state index contributed by atoms with van der Waals surface area (Å²) in [6, 6.07) is 1.77. The van der Waals surface area contributed by atoms with Gasteiger partial charge < -0.3 is 9.84 Å². The van der Waals surface area contributed by atoms with E-state index in [9.17, 15) is 4.79 Å². The third-order valence-corrected chi connectivity index (χ3v) is 3.94. The van der Waals surface area contributed by atoms with Gasteiger partial charge in [-0.3, -0.25) is 0 Å². The molecule has 2 rings (SSSR count). The number of hydrogen-bond donors (Lipinski definition) is 1. The molecule has 2 heterocycles. The molecule has 2 aromatic rings. The molecule has 0 spiro atoms. The number of rotatable bonds is 7. The van der Waals surface area contributed by atoms with Gasteiger partial charge in [-0.2, -0.15) is 0 Å². The molecule has 108 valence electrons. The predicted octanol–water partition coefficient (Wildman–Crippen LogP) is 1.98. The van der Waals surface area contributed by atoms with Crippen LogP contribution in [0.5, 0.6) is 5.75 Å². The summed E-state index contributed by atoms with van der Waals surface area (Å²) >= 11 is 1.24. The Morgan fingerprint density at radius 1 is 1.50 bits per heavy atom. The monoisotopic (exact) mass is 296 g/mol. The molecule has 0 amide bonds. The third-order valence-electron chi connectivity index (χ3n) is 2.69. The maximum Gasteiger partial charge on any atom is 0.349 e. The number of carboxylic acid groups (broad SMARTS) is 1. The van der Waals surface area contributed by atoms with Gasteiger partial charge in [-0.05, 0) is 29.3 Å². The smallest absolute Gasteiger partial charge is 0.349 e. The molecule has 0 bridgehead atoms. The number of aromatic nitrogens is 4. The Balaban J connectivity index is 2.12. The first-order valence-electron chi connectivity index (χ1n) is 6.39. The van der Waals surface area contributed by atoms with Gasteiger partial charge in [0, 0.05) is 11.4 Å². The molecule has 0 aromatic carbocycles. The van der Waals surface area contributed by atoms with Crippen molar-refractivity contribution in [2.24, 2.45) is 0 Å². The first-order chi connectivity index (χ1) is 9.65. The molecule has 1 N–H and O–H groups in total. The highest BCUT2D eigenvalue weighted by molar-refractivity contribution is 7.14. The fourth-order valence-electron chi connectivity index (χ4n) is 1.71. The largest absolute Gasteiger partial charge is 0.484 e. The highest BCUT2D eigenvalue weighted by atomic mass is 32.1. The summed E-state index contributed by atoms with van der Waals surface area (Å²) in [6.45, 7) is 4.87. The van der Waals surface area contributed by atoms with Gasteiger partial charge in [0.15, 0.2) is 10.7 Å². The minimum atomic E-state index is -0.974. The van der Waals surface area contributed by atoms with E-state index in [-0.39, 0.29) is 11.5 Å². The van der Waals surface area contributed by atoms with Gasteiger partial charge in [0.2, 0.25) is 0 Å². The van der Waals surface area contributed by atoms with Crippen molar-refractivity contribution in [1.82, 2.24) is 20.2 Å². The average Bonchev–Trinajstić information content (AvgIpc) is 3.03. The molecule has 0 radical (unpaired) electrons. The lowest BCUT2D eigenvalue weighted by molar-refractivity contribution is 0.0697. The van der Waals surface area contributed by atoms with Gasteiger partial charge >= 0.3 is 5.97 Å². The van der Waals surface area contributed by atoms with Crippen LogP contribution in [0.4, 0.5) is 0 Å². The van der Waals surface area contributed by atoms with E-state index in [1.807, 2.05) is 13.8 Å². The topological polar surface area (TPSA) is 90.1 Å². The molecular weight excluding hydrogens is 280 g/mol. The van der Waals surface area contributed by atoms with Crippen LogP contribution in [0.25, 0.3) is 0 Å². The number of ether oxygens (including phenoxy) is 1. The molecule has 0 saturated heterocycles. The Labute approximate surface area is 120 Å². The van der Waals surface area contributed by atoms with Crippen LogP contribution in [0.1, 0.15) is 40.6 Å². The zero-order valence-electron chi connectivity index (χ0n) is 11.4. The lowest BCUT2D eigenvalue weighted by Gasteiger charge is -2.05. The van der Waals surface area contributed by atoms with Crippen LogP contribution in [0.3, 0.4) is 0 Å². The second-order valence-corrected chi connectivity index (χ2v) is 5.31. The van der Waals surface area contributed by atoms with Crippen LogP contribution in [-0.4, -0.2) is 31.3 Å². The number of nitrogens with zero attached hydrogens (tertiary/aromatic N) is 4. The minimum absolute atomic E-state index is 0.160. The van der Waals surface area contributed by atoms with Gasteiger partial charge in [-0.15, -0.1) is 16.4 Å². The highest BCUT2D eigenvalue weighted by Gasteiger charge is 2.17. The molecular formula is C12H16N4O3S. The molecule has 0 unspecified atom stereocenters. The van der Waals surface area contributed by atoms with E-state index in [2.05, 4.69) is 15.5 Å². The van der Waals surface area contributed by atoms with Crippen LogP contribution >= 0.6 is 11.3 Å². The summed E-state index contributed by atoms with van der Waals surface area (Å²) < 4.78 is 7.24. The van der Waals surface area contributed by atoms with Gasteiger partial charge in [0.05, 0.1) is 0 Å². The maximum atomic E-state index is 11.2.